The first-order valence-corrected chi connectivity index (χ1v) is 5.92. The lowest BCUT2D eigenvalue weighted by atomic mass is 10.1. The summed E-state index contributed by atoms with van der Waals surface area (Å²) in [6, 6.07) is 17.4. The summed E-state index contributed by atoms with van der Waals surface area (Å²) < 4.78 is 0. The molecule has 0 spiro atoms. The first-order chi connectivity index (χ1) is 9.18. The monoisotopic (exact) mass is 253 g/mol. The number of amides is 1. The van der Waals surface area contributed by atoms with Crippen LogP contribution >= 0.6 is 0 Å². The van der Waals surface area contributed by atoms with E-state index in [-0.39, 0.29) is 5.84 Å². The molecule has 0 aromatic heterocycles. The van der Waals surface area contributed by atoms with Gasteiger partial charge in [0.1, 0.15) is 11.9 Å². The molecule has 1 atom stereocenters. The number of carbonyl (C=O) groups excluding carboxylic acids is 1. The Labute approximate surface area is 111 Å². The van der Waals surface area contributed by atoms with Crippen molar-refractivity contribution >= 4 is 11.7 Å². The van der Waals surface area contributed by atoms with Gasteiger partial charge >= 0.3 is 0 Å². The summed E-state index contributed by atoms with van der Waals surface area (Å²) in [4.78, 5) is 15.8. The van der Waals surface area contributed by atoms with Crippen molar-refractivity contribution in [2.45, 2.75) is 6.04 Å². The molecule has 1 unspecified atom stereocenters. The summed E-state index contributed by atoms with van der Waals surface area (Å²) in [6.07, 6.45) is 0. The first kappa shape index (κ1) is 13.0. The Morgan fingerprint density at radius 1 is 0.947 bits per heavy atom. The Kier molecular flexibility index (Phi) is 4.05. The second kappa shape index (κ2) is 5.93. The van der Waals surface area contributed by atoms with Crippen molar-refractivity contribution in [2.75, 3.05) is 0 Å². The fourth-order valence-electron chi connectivity index (χ4n) is 1.66. The number of hydrogen-bond donors (Lipinski definition) is 2. The van der Waals surface area contributed by atoms with Crippen LogP contribution in [0.2, 0.25) is 0 Å². The summed E-state index contributed by atoms with van der Waals surface area (Å²) >= 11 is 0. The molecule has 0 saturated heterocycles. The number of aliphatic imine (C=N–C) groups is 1. The topological polar surface area (TPSA) is 81.5 Å². The SMILES string of the molecule is NC(=NC(=O)C(N)c1ccccc1)c1ccccc1. The molecule has 0 radical (unpaired) electrons. The fourth-order valence-corrected chi connectivity index (χ4v) is 1.66. The lowest BCUT2D eigenvalue weighted by molar-refractivity contribution is -0.119. The van der Waals surface area contributed by atoms with Crippen LogP contribution in [0.4, 0.5) is 0 Å². The van der Waals surface area contributed by atoms with Gasteiger partial charge in [0.2, 0.25) is 0 Å². The molecule has 2 aromatic carbocycles. The molecule has 2 rings (SSSR count). The van der Waals surface area contributed by atoms with Gasteiger partial charge in [-0.05, 0) is 5.56 Å². The zero-order valence-electron chi connectivity index (χ0n) is 10.4. The minimum atomic E-state index is -0.788. The average molecular weight is 253 g/mol. The molecule has 4 heteroatoms. The van der Waals surface area contributed by atoms with Gasteiger partial charge in [0.15, 0.2) is 0 Å². The van der Waals surface area contributed by atoms with E-state index in [1.54, 1.807) is 24.3 Å². The van der Waals surface area contributed by atoms with Crippen LogP contribution in [0.5, 0.6) is 0 Å². The highest BCUT2D eigenvalue weighted by molar-refractivity contribution is 6.05. The van der Waals surface area contributed by atoms with E-state index >= 15 is 0 Å². The quantitative estimate of drug-likeness (QED) is 0.644. The average Bonchev–Trinajstić information content (AvgIpc) is 2.48. The molecule has 0 aliphatic heterocycles. The van der Waals surface area contributed by atoms with Crippen molar-refractivity contribution in [1.29, 1.82) is 0 Å². The van der Waals surface area contributed by atoms with Crippen molar-refractivity contribution in [2.24, 2.45) is 16.5 Å². The van der Waals surface area contributed by atoms with E-state index in [9.17, 15) is 4.79 Å². The van der Waals surface area contributed by atoms with E-state index in [1.807, 2.05) is 36.4 Å². The number of nitrogens with two attached hydrogens (primary N) is 2. The number of benzene rings is 2. The molecule has 0 aliphatic rings. The number of amidine groups is 1. The molecular weight excluding hydrogens is 238 g/mol. The van der Waals surface area contributed by atoms with Crippen molar-refractivity contribution in [3.63, 3.8) is 0 Å². The van der Waals surface area contributed by atoms with E-state index in [4.69, 9.17) is 11.5 Å². The lowest BCUT2D eigenvalue weighted by Gasteiger charge is -2.08. The summed E-state index contributed by atoms with van der Waals surface area (Å²) in [6.45, 7) is 0. The van der Waals surface area contributed by atoms with Crippen LogP contribution in [0.1, 0.15) is 17.2 Å². The molecule has 2 aromatic rings. The minimum absolute atomic E-state index is 0.178. The van der Waals surface area contributed by atoms with Gasteiger partial charge in [-0.2, -0.15) is 4.99 Å². The van der Waals surface area contributed by atoms with Crippen LogP contribution in [0.3, 0.4) is 0 Å². The van der Waals surface area contributed by atoms with Crippen molar-refractivity contribution in [3.05, 3.63) is 71.8 Å². The van der Waals surface area contributed by atoms with Gasteiger partial charge < -0.3 is 11.5 Å². The molecule has 0 fully saturated rings. The standard InChI is InChI=1S/C15H15N3O/c16-13(11-7-3-1-4-8-11)15(19)18-14(17)12-9-5-2-6-10-12/h1-10,13H,16H2,(H2,17,18,19). The second-order valence-corrected chi connectivity index (χ2v) is 4.09. The Morgan fingerprint density at radius 2 is 1.47 bits per heavy atom. The summed E-state index contributed by atoms with van der Waals surface area (Å²) in [7, 11) is 0. The first-order valence-electron chi connectivity index (χ1n) is 5.92. The maximum Gasteiger partial charge on any atom is 0.269 e. The van der Waals surface area contributed by atoms with Gasteiger partial charge in [0, 0.05) is 5.56 Å². The molecule has 0 heterocycles. The van der Waals surface area contributed by atoms with Crippen molar-refractivity contribution in [1.82, 2.24) is 0 Å². The molecule has 96 valence electrons. The van der Waals surface area contributed by atoms with Gasteiger partial charge in [-0.1, -0.05) is 60.7 Å². The third kappa shape index (κ3) is 3.26. The van der Waals surface area contributed by atoms with Gasteiger partial charge in [0.25, 0.3) is 5.91 Å². The van der Waals surface area contributed by atoms with Gasteiger partial charge in [-0.15, -0.1) is 0 Å². The minimum Gasteiger partial charge on any atom is -0.383 e. The van der Waals surface area contributed by atoms with Gasteiger partial charge in [-0.25, -0.2) is 0 Å². The second-order valence-electron chi connectivity index (χ2n) is 4.09. The third-order valence-electron chi connectivity index (χ3n) is 2.72. The largest absolute Gasteiger partial charge is 0.383 e. The molecule has 4 nitrogen and oxygen atoms in total. The van der Waals surface area contributed by atoms with E-state index in [0.29, 0.717) is 5.56 Å². The van der Waals surface area contributed by atoms with E-state index < -0.39 is 11.9 Å². The number of rotatable bonds is 3. The van der Waals surface area contributed by atoms with Crippen molar-refractivity contribution < 1.29 is 4.79 Å². The predicted molar refractivity (Wildman–Crippen MR) is 75.5 cm³/mol. The zero-order valence-corrected chi connectivity index (χ0v) is 10.4. The Morgan fingerprint density at radius 3 is 2.05 bits per heavy atom. The normalized spacial score (nSPS) is 13.0. The van der Waals surface area contributed by atoms with Gasteiger partial charge in [0.05, 0.1) is 0 Å². The fraction of sp³-hybridized carbons (Fsp3) is 0.0667. The number of carbonyl (C=O) groups is 1. The molecule has 0 aliphatic carbocycles. The number of nitrogens with zero attached hydrogens (tertiary/aromatic N) is 1. The van der Waals surface area contributed by atoms with Crippen LogP contribution < -0.4 is 11.5 Å². The molecule has 0 saturated carbocycles. The maximum absolute atomic E-state index is 11.9. The maximum atomic E-state index is 11.9. The van der Waals surface area contributed by atoms with Crippen LogP contribution in [-0.2, 0) is 4.79 Å². The molecule has 19 heavy (non-hydrogen) atoms. The summed E-state index contributed by atoms with van der Waals surface area (Å²) in [5, 5.41) is 0. The molecule has 1 amide bonds. The Bertz CT molecular complexity index is 579. The zero-order chi connectivity index (χ0) is 13.7. The predicted octanol–water partition coefficient (Wildman–Crippen LogP) is 1.62. The highest BCUT2D eigenvalue weighted by atomic mass is 16.1. The van der Waals surface area contributed by atoms with Crippen LogP contribution in [0.25, 0.3) is 0 Å². The highest BCUT2D eigenvalue weighted by Crippen LogP contribution is 2.11. The van der Waals surface area contributed by atoms with E-state index in [2.05, 4.69) is 4.99 Å². The highest BCUT2D eigenvalue weighted by Gasteiger charge is 2.15. The molecule has 0 bridgehead atoms. The van der Waals surface area contributed by atoms with Gasteiger partial charge in [-0.3, -0.25) is 4.79 Å². The Hall–Kier alpha value is -2.46. The third-order valence-corrected chi connectivity index (χ3v) is 2.72. The van der Waals surface area contributed by atoms with Crippen molar-refractivity contribution in [3.8, 4) is 0 Å². The van der Waals surface area contributed by atoms with Crippen LogP contribution in [0, 0.1) is 0 Å². The van der Waals surface area contributed by atoms with E-state index in [0.717, 1.165) is 5.56 Å². The van der Waals surface area contributed by atoms with Crippen LogP contribution in [0.15, 0.2) is 65.7 Å². The molecule has 4 N–H and O–H groups in total. The Balaban J connectivity index is 2.17. The number of hydrogen-bond acceptors (Lipinski definition) is 2. The smallest absolute Gasteiger partial charge is 0.269 e. The lowest BCUT2D eigenvalue weighted by Crippen LogP contribution is -2.23. The summed E-state index contributed by atoms with van der Waals surface area (Å²) in [5.41, 5.74) is 13.1. The van der Waals surface area contributed by atoms with Crippen LogP contribution in [-0.4, -0.2) is 11.7 Å². The molecular formula is C15H15N3O. The van der Waals surface area contributed by atoms with E-state index in [1.165, 1.54) is 0 Å². The summed E-state index contributed by atoms with van der Waals surface area (Å²) in [5.74, 6) is -0.274.